The molecule has 1 atom stereocenters. The number of anilines is 1. The molecule has 1 aromatic carbocycles. The molecule has 1 unspecified atom stereocenters. The predicted octanol–water partition coefficient (Wildman–Crippen LogP) is 7.25. The van der Waals surface area contributed by atoms with E-state index < -0.39 is 30.0 Å². The Hall–Kier alpha value is -2.90. The first-order valence-corrected chi connectivity index (χ1v) is 12.2. The summed E-state index contributed by atoms with van der Waals surface area (Å²) in [5.74, 6) is -5.90. The van der Waals surface area contributed by atoms with Crippen LogP contribution in [-0.2, 0) is 4.79 Å². The quantitative estimate of drug-likeness (QED) is 0.238. The summed E-state index contributed by atoms with van der Waals surface area (Å²) in [4.78, 5) is 15.8. The number of hydrogen-bond acceptors (Lipinski definition) is 4. The van der Waals surface area contributed by atoms with E-state index in [9.17, 15) is 18.0 Å². The minimum absolute atomic E-state index is 0.0401. The largest absolute Gasteiger partial charge is 0.388 e. The molecule has 3 N–H and O–H groups in total. The van der Waals surface area contributed by atoms with Gasteiger partial charge in [0.1, 0.15) is 11.7 Å². The van der Waals surface area contributed by atoms with Gasteiger partial charge in [-0.15, -0.1) is 0 Å². The summed E-state index contributed by atoms with van der Waals surface area (Å²) in [7, 11) is 1.61. The van der Waals surface area contributed by atoms with Gasteiger partial charge in [-0.25, -0.2) is 18.2 Å². The maximum atomic E-state index is 14.2. The number of carbonyl (C=O) groups excluding carboxylic acids is 1. The zero-order valence-electron chi connectivity index (χ0n) is 21.5. The molecule has 8 heteroatoms. The van der Waals surface area contributed by atoms with Crippen molar-refractivity contribution >= 4 is 23.1 Å². The van der Waals surface area contributed by atoms with Crippen LogP contribution in [0.5, 0.6) is 0 Å². The fourth-order valence-corrected chi connectivity index (χ4v) is 3.90. The van der Waals surface area contributed by atoms with Gasteiger partial charge in [0.2, 0.25) is 5.91 Å². The Labute approximate surface area is 207 Å². The van der Waals surface area contributed by atoms with Gasteiger partial charge in [-0.2, -0.15) is 0 Å². The summed E-state index contributed by atoms with van der Waals surface area (Å²) in [6.07, 6.45) is 9.17. The molecule has 1 aromatic rings. The molecule has 0 saturated carbocycles. The number of unbranched alkanes of at least 4 members (excludes halogenated alkanes) is 5. The lowest BCUT2D eigenvalue weighted by molar-refractivity contribution is -0.124. The summed E-state index contributed by atoms with van der Waals surface area (Å²) >= 11 is 0. The second-order valence-electron chi connectivity index (χ2n) is 8.69. The zero-order chi connectivity index (χ0) is 26.6. The molecule has 0 aliphatic carbocycles. The van der Waals surface area contributed by atoms with E-state index in [4.69, 9.17) is 5.41 Å². The van der Waals surface area contributed by atoms with Crippen molar-refractivity contribution in [3.63, 3.8) is 0 Å². The van der Waals surface area contributed by atoms with Crippen LogP contribution < -0.4 is 10.6 Å². The lowest BCUT2D eigenvalue weighted by Gasteiger charge is -2.32. The van der Waals surface area contributed by atoms with Crippen molar-refractivity contribution in [3.8, 4) is 0 Å². The molecule has 2 rings (SSSR count). The van der Waals surface area contributed by atoms with Crippen molar-refractivity contribution in [1.29, 1.82) is 5.41 Å². The second-order valence-corrected chi connectivity index (χ2v) is 8.69. The third-order valence-electron chi connectivity index (χ3n) is 5.84. The summed E-state index contributed by atoms with van der Waals surface area (Å²) < 4.78 is 42.2. The number of allylic oxidation sites excluding steroid dienone is 1. The molecule has 1 aliphatic rings. The standard InChI is InChI=1S/C19H21F3N4O.C8H18/c1-5-25-18-16(13(19(3,21)22)9-15(27)26-18)10(2)17(23)12-8-11(20)6-7-14(12)24-4;1-3-5-7-8-6-4-2/h5-8,13,23-24H,1,9H2,2-4H3,(H,25,26,27);3-8H2,1-2H3/b16-10+,23-17?;. The van der Waals surface area contributed by atoms with Gasteiger partial charge in [0, 0.05) is 36.5 Å². The number of aliphatic imine (C=N–C) groups is 1. The van der Waals surface area contributed by atoms with E-state index in [1.165, 1.54) is 57.6 Å². The SMILES string of the molecule is C=CN=C1NC(=O)CC(C(C)(F)F)/C1=C(/C)C(=N)c1cc(F)ccc1NC.CCCCCCCC. The highest BCUT2D eigenvalue weighted by Crippen LogP contribution is 2.38. The van der Waals surface area contributed by atoms with E-state index >= 15 is 0 Å². The Bertz CT molecular complexity index is 942. The van der Waals surface area contributed by atoms with Gasteiger partial charge in [0.05, 0.1) is 11.6 Å². The highest BCUT2D eigenvalue weighted by Gasteiger charge is 2.44. The highest BCUT2D eigenvalue weighted by atomic mass is 19.3. The lowest BCUT2D eigenvalue weighted by Crippen LogP contribution is -2.46. The Kier molecular flexibility index (Phi) is 12.5. The molecule has 1 heterocycles. The maximum Gasteiger partial charge on any atom is 0.252 e. The molecule has 35 heavy (non-hydrogen) atoms. The van der Waals surface area contributed by atoms with Crippen LogP contribution in [0, 0.1) is 17.1 Å². The number of nitrogens with zero attached hydrogens (tertiary/aromatic N) is 1. The first kappa shape index (κ1) is 30.1. The van der Waals surface area contributed by atoms with E-state index in [0.29, 0.717) is 5.69 Å². The minimum atomic E-state index is -3.22. The number of rotatable bonds is 10. The van der Waals surface area contributed by atoms with Crippen molar-refractivity contribution in [2.45, 2.75) is 78.6 Å². The van der Waals surface area contributed by atoms with Gasteiger partial charge in [-0.05, 0) is 37.6 Å². The van der Waals surface area contributed by atoms with Crippen LogP contribution in [0.1, 0.15) is 78.2 Å². The first-order valence-electron chi connectivity index (χ1n) is 12.2. The van der Waals surface area contributed by atoms with Gasteiger partial charge < -0.3 is 10.6 Å². The molecule has 1 aliphatic heterocycles. The molecule has 0 radical (unpaired) electrons. The third kappa shape index (κ3) is 9.00. The van der Waals surface area contributed by atoms with Gasteiger partial charge in [-0.3, -0.25) is 10.2 Å². The van der Waals surface area contributed by atoms with Crippen molar-refractivity contribution < 1.29 is 18.0 Å². The molecule has 194 valence electrons. The van der Waals surface area contributed by atoms with E-state index in [0.717, 1.165) is 19.2 Å². The molecule has 1 amide bonds. The van der Waals surface area contributed by atoms with Crippen LogP contribution in [0.25, 0.3) is 0 Å². The molecular weight excluding hydrogens is 453 g/mol. The highest BCUT2D eigenvalue weighted by molar-refractivity contribution is 6.20. The lowest BCUT2D eigenvalue weighted by atomic mass is 9.81. The monoisotopic (exact) mass is 492 g/mol. The average molecular weight is 493 g/mol. The van der Waals surface area contributed by atoms with Gasteiger partial charge >= 0.3 is 0 Å². The second kappa shape index (κ2) is 14.5. The summed E-state index contributed by atoms with van der Waals surface area (Å²) in [5, 5.41) is 13.8. The van der Waals surface area contributed by atoms with E-state index in [-0.39, 0.29) is 28.3 Å². The Morgan fingerprint density at radius 1 is 1.26 bits per heavy atom. The Morgan fingerprint density at radius 3 is 2.34 bits per heavy atom. The van der Waals surface area contributed by atoms with Crippen LogP contribution in [0.3, 0.4) is 0 Å². The Morgan fingerprint density at radius 2 is 1.86 bits per heavy atom. The molecular formula is C27H39F3N4O. The summed E-state index contributed by atoms with van der Waals surface area (Å²) in [5.41, 5.74) is 0.761. The smallest absolute Gasteiger partial charge is 0.252 e. The van der Waals surface area contributed by atoms with Crippen molar-refractivity contribution in [2.75, 3.05) is 12.4 Å². The first-order chi connectivity index (χ1) is 16.5. The van der Waals surface area contributed by atoms with Gasteiger partial charge in [0.15, 0.2) is 0 Å². The molecule has 0 bridgehead atoms. The number of amides is 1. The maximum absolute atomic E-state index is 14.2. The average Bonchev–Trinajstić information content (AvgIpc) is 2.80. The number of carbonyl (C=O) groups is 1. The number of alkyl halides is 2. The van der Waals surface area contributed by atoms with Crippen LogP contribution in [0.15, 0.2) is 47.1 Å². The number of hydrogen-bond donors (Lipinski definition) is 3. The Balaban J connectivity index is 0.000000658. The van der Waals surface area contributed by atoms with Crippen LogP contribution in [0.2, 0.25) is 0 Å². The third-order valence-corrected chi connectivity index (χ3v) is 5.84. The fourth-order valence-electron chi connectivity index (χ4n) is 3.90. The molecule has 0 spiro atoms. The minimum Gasteiger partial charge on any atom is -0.388 e. The van der Waals surface area contributed by atoms with Crippen LogP contribution in [0.4, 0.5) is 18.9 Å². The molecule has 1 saturated heterocycles. The van der Waals surface area contributed by atoms with Gasteiger partial charge in [-0.1, -0.05) is 59.0 Å². The van der Waals surface area contributed by atoms with Crippen molar-refractivity contribution in [1.82, 2.24) is 5.32 Å². The van der Waals surface area contributed by atoms with E-state index in [2.05, 4.69) is 36.1 Å². The van der Waals surface area contributed by atoms with E-state index in [1.54, 1.807) is 7.05 Å². The van der Waals surface area contributed by atoms with Gasteiger partial charge in [0.25, 0.3) is 5.92 Å². The number of benzene rings is 1. The zero-order valence-corrected chi connectivity index (χ0v) is 21.5. The molecule has 5 nitrogen and oxygen atoms in total. The normalized spacial score (nSPS) is 18.3. The number of amidine groups is 1. The van der Waals surface area contributed by atoms with E-state index in [1.807, 2.05) is 0 Å². The molecule has 1 fully saturated rings. The number of nitrogens with one attached hydrogen (secondary N) is 3. The molecule has 0 aromatic heterocycles. The number of piperidine rings is 1. The number of halogens is 3. The van der Waals surface area contributed by atoms with Crippen molar-refractivity contribution in [2.24, 2.45) is 10.9 Å². The van der Waals surface area contributed by atoms with Crippen LogP contribution in [-0.4, -0.2) is 30.4 Å². The summed E-state index contributed by atoms with van der Waals surface area (Å²) in [6.45, 7) is 10.2. The fraction of sp³-hybridized carbons (Fsp3) is 0.519. The van der Waals surface area contributed by atoms with Crippen molar-refractivity contribution in [3.05, 3.63) is 53.5 Å². The predicted molar refractivity (Wildman–Crippen MR) is 139 cm³/mol. The summed E-state index contributed by atoms with van der Waals surface area (Å²) in [6, 6.07) is 3.85. The topological polar surface area (TPSA) is 77.3 Å². The van der Waals surface area contributed by atoms with Crippen LogP contribution >= 0.6 is 0 Å².